The number of carbonyl (C=O) groups is 1. The lowest BCUT2D eigenvalue weighted by Gasteiger charge is -2.32. The summed E-state index contributed by atoms with van der Waals surface area (Å²) < 4.78 is 30.6. The van der Waals surface area contributed by atoms with Crippen LogP contribution >= 0.6 is 0 Å². The molecule has 2 heterocycles. The number of likely N-dealkylation sites (tertiary alicyclic amines) is 1. The van der Waals surface area contributed by atoms with Crippen LogP contribution in [0.1, 0.15) is 25.1 Å². The third kappa shape index (κ3) is 5.26. The van der Waals surface area contributed by atoms with Gasteiger partial charge in [-0.25, -0.2) is 13.4 Å². The molecule has 1 aliphatic heterocycles. The molecule has 27 heavy (non-hydrogen) atoms. The average Bonchev–Trinajstić information content (AvgIpc) is 2.67. The van der Waals surface area contributed by atoms with Gasteiger partial charge in [0.1, 0.15) is 11.9 Å². The van der Waals surface area contributed by atoms with Crippen LogP contribution < -0.4 is 4.74 Å². The van der Waals surface area contributed by atoms with Gasteiger partial charge in [0.25, 0.3) is 0 Å². The Labute approximate surface area is 159 Å². The van der Waals surface area contributed by atoms with Crippen LogP contribution in [-0.4, -0.2) is 54.1 Å². The van der Waals surface area contributed by atoms with Crippen molar-refractivity contribution in [1.82, 2.24) is 14.9 Å². The monoisotopic (exact) mass is 389 g/mol. The van der Waals surface area contributed by atoms with Crippen molar-refractivity contribution in [3.05, 3.63) is 48.4 Å². The highest BCUT2D eigenvalue weighted by Crippen LogP contribution is 2.18. The lowest BCUT2D eigenvalue weighted by atomic mass is 10.1. The van der Waals surface area contributed by atoms with Crippen LogP contribution in [0.4, 0.5) is 0 Å². The van der Waals surface area contributed by atoms with E-state index < -0.39 is 9.84 Å². The van der Waals surface area contributed by atoms with Crippen LogP contribution in [0.2, 0.25) is 0 Å². The Hall–Kier alpha value is -2.48. The number of aromatic nitrogens is 2. The standard InChI is InChI=1S/C19H23N3O4S/c1-15-20-11-9-18(21-15)26-16-6-5-12-22(14-16)19(23)10-13-27(24,25)17-7-3-2-4-8-17/h2-4,7-9,11,16H,5-6,10,12-14H2,1H3/t16-/m0/s1. The zero-order valence-electron chi connectivity index (χ0n) is 15.2. The molecule has 1 aliphatic rings. The number of hydrogen-bond acceptors (Lipinski definition) is 6. The maximum absolute atomic E-state index is 12.5. The predicted molar refractivity (Wildman–Crippen MR) is 100 cm³/mol. The molecule has 1 atom stereocenters. The molecule has 8 heteroatoms. The number of aryl methyl sites for hydroxylation is 1. The van der Waals surface area contributed by atoms with Crippen LogP contribution in [0, 0.1) is 6.92 Å². The molecule has 0 spiro atoms. The van der Waals surface area contributed by atoms with Gasteiger partial charge in [0.05, 0.1) is 17.2 Å². The summed E-state index contributed by atoms with van der Waals surface area (Å²) in [4.78, 5) is 22.7. The molecule has 7 nitrogen and oxygen atoms in total. The first-order chi connectivity index (χ1) is 12.9. The summed E-state index contributed by atoms with van der Waals surface area (Å²) in [6.45, 7) is 2.84. The Morgan fingerprint density at radius 3 is 2.78 bits per heavy atom. The molecular weight excluding hydrogens is 366 g/mol. The third-order valence-electron chi connectivity index (χ3n) is 4.46. The Bertz CT molecular complexity index is 887. The molecule has 1 aromatic heterocycles. The highest BCUT2D eigenvalue weighted by molar-refractivity contribution is 7.91. The molecule has 0 aliphatic carbocycles. The maximum Gasteiger partial charge on any atom is 0.223 e. The summed E-state index contributed by atoms with van der Waals surface area (Å²) in [5.74, 6) is 0.765. The van der Waals surface area contributed by atoms with Gasteiger partial charge in [0.15, 0.2) is 9.84 Å². The fourth-order valence-corrected chi connectivity index (χ4v) is 4.31. The topological polar surface area (TPSA) is 89.5 Å². The zero-order chi connectivity index (χ0) is 19.3. The summed E-state index contributed by atoms with van der Waals surface area (Å²) >= 11 is 0. The van der Waals surface area contributed by atoms with E-state index in [4.69, 9.17) is 4.74 Å². The van der Waals surface area contributed by atoms with E-state index in [1.807, 2.05) is 0 Å². The van der Waals surface area contributed by atoms with Gasteiger partial charge in [-0.1, -0.05) is 18.2 Å². The summed E-state index contributed by atoms with van der Waals surface area (Å²) in [5, 5.41) is 0. The number of benzene rings is 1. The molecule has 1 amide bonds. The number of piperidine rings is 1. The van der Waals surface area contributed by atoms with E-state index in [1.165, 1.54) is 0 Å². The van der Waals surface area contributed by atoms with Crippen molar-refractivity contribution in [2.75, 3.05) is 18.8 Å². The average molecular weight is 389 g/mol. The smallest absolute Gasteiger partial charge is 0.223 e. The lowest BCUT2D eigenvalue weighted by Crippen LogP contribution is -2.44. The van der Waals surface area contributed by atoms with Crippen molar-refractivity contribution in [2.24, 2.45) is 0 Å². The summed E-state index contributed by atoms with van der Waals surface area (Å²) in [6.07, 6.45) is 3.10. The Morgan fingerprint density at radius 1 is 1.26 bits per heavy atom. The van der Waals surface area contributed by atoms with E-state index in [-0.39, 0.29) is 29.1 Å². The van der Waals surface area contributed by atoms with Crippen LogP contribution in [0.3, 0.4) is 0 Å². The van der Waals surface area contributed by atoms with E-state index in [2.05, 4.69) is 9.97 Å². The number of rotatable bonds is 6. The first kappa shape index (κ1) is 19.3. The van der Waals surface area contributed by atoms with Gasteiger partial charge in [-0.3, -0.25) is 4.79 Å². The lowest BCUT2D eigenvalue weighted by molar-refractivity contribution is -0.133. The summed E-state index contributed by atoms with van der Waals surface area (Å²) in [6, 6.07) is 9.91. The number of nitrogens with zero attached hydrogens (tertiary/aromatic N) is 3. The molecule has 1 saturated heterocycles. The van der Waals surface area contributed by atoms with Gasteiger partial charge in [0.2, 0.25) is 11.8 Å². The SMILES string of the molecule is Cc1nccc(O[C@H]2CCCN(C(=O)CCS(=O)(=O)c3ccccc3)C2)n1. The van der Waals surface area contributed by atoms with E-state index in [9.17, 15) is 13.2 Å². The van der Waals surface area contributed by atoms with Gasteiger partial charge in [-0.2, -0.15) is 4.98 Å². The number of amides is 1. The second kappa shape index (κ2) is 8.47. The van der Waals surface area contributed by atoms with Crippen molar-refractivity contribution < 1.29 is 17.9 Å². The Morgan fingerprint density at radius 2 is 2.04 bits per heavy atom. The number of sulfone groups is 1. The van der Waals surface area contributed by atoms with Crippen LogP contribution in [0.25, 0.3) is 0 Å². The van der Waals surface area contributed by atoms with Crippen molar-refractivity contribution in [1.29, 1.82) is 0 Å². The second-order valence-corrected chi connectivity index (χ2v) is 8.66. The first-order valence-electron chi connectivity index (χ1n) is 8.96. The number of carbonyl (C=O) groups excluding carboxylic acids is 1. The van der Waals surface area contributed by atoms with Gasteiger partial charge in [-0.15, -0.1) is 0 Å². The normalized spacial score (nSPS) is 17.5. The molecule has 1 aromatic carbocycles. The summed E-state index contributed by atoms with van der Waals surface area (Å²) in [5.41, 5.74) is 0. The fraction of sp³-hybridized carbons (Fsp3) is 0.421. The largest absolute Gasteiger partial charge is 0.472 e. The molecule has 1 fully saturated rings. The Kier molecular flexibility index (Phi) is 6.05. The van der Waals surface area contributed by atoms with E-state index >= 15 is 0 Å². The highest BCUT2D eigenvalue weighted by Gasteiger charge is 2.26. The molecule has 3 rings (SSSR count). The predicted octanol–water partition coefficient (Wildman–Crippen LogP) is 2.02. The molecule has 0 unspecified atom stereocenters. The van der Waals surface area contributed by atoms with Crippen molar-refractivity contribution in [3.8, 4) is 5.88 Å². The van der Waals surface area contributed by atoms with Crippen LogP contribution in [-0.2, 0) is 14.6 Å². The minimum Gasteiger partial charge on any atom is -0.472 e. The maximum atomic E-state index is 12.5. The summed E-state index contributed by atoms with van der Waals surface area (Å²) in [7, 11) is -3.46. The first-order valence-corrected chi connectivity index (χ1v) is 10.6. The molecule has 0 radical (unpaired) electrons. The van der Waals surface area contributed by atoms with Crippen molar-refractivity contribution in [3.63, 3.8) is 0 Å². The molecular formula is C19H23N3O4S. The van der Waals surface area contributed by atoms with Crippen molar-refractivity contribution >= 4 is 15.7 Å². The van der Waals surface area contributed by atoms with Gasteiger partial charge >= 0.3 is 0 Å². The quantitative estimate of drug-likeness (QED) is 0.751. The van der Waals surface area contributed by atoms with Gasteiger partial charge < -0.3 is 9.64 Å². The molecule has 144 valence electrons. The van der Waals surface area contributed by atoms with Crippen LogP contribution in [0.5, 0.6) is 5.88 Å². The van der Waals surface area contributed by atoms with E-state index in [1.54, 1.807) is 54.4 Å². The minimum atomic E-state index is -3.46. The van der Waals surface area contributed by atoms with Crippen LogP contribution in [0.15, 0.2) is 47.5 Å². The molecule has 0 N–H and O–H groups in total. The van der Waals surface area contributed by atoms with E-state index in [0.717, 1.165) is 12.8 Å². The third-order valence-corrected chi connectivity index (χ3v) is 6.19. The van der Waals surface area contributed by atoms with Crippen molar-refractivity contribution in [2.45, 2.75) is 37.2 Å². The Balaban J connectivity index is 1.55. The number of hydrogen-bond donors (Lipinski definition) is 0. The highest BCUT2D eigenvalue weighted by atomic mass is 32.2. The minimum absolute atomic E-state index is 0.0312. The molecule has 0 saturated carbocycles. The van der Waals surface area contributed by atoms with E-state index in [0.29, 0.717) is 24.8 Å². The van der Waals surface area contributed by atoms with Gasteiger partial charge in [0, 0.05) is 25.2 Å². The second-order valence-electron chi connectivity index (χ2n) is 6.55. The molecule has 2 aromatic rings. The molecule has 0 bridgehead atoms. The zero-order valence-corrected chi connectivity index (χ0v) is 16.1. The number of ether oxygens (including phenoxy) is 1. The van der Waals surface area contributed by atoms with Gasteiger partial charge in [-0.05, 0) is 31.9 Å². The fourth-order valence-electron chi connectivity index (χ4n) is 3.06.